The lowest BCUT2D eigenvalue weighted by Crippen LogP contribution is -2.46. The summed E-state index contributed by atoms with van der Waals surface area (Å²) in [6.45, 7) is 13.0. The smallest absolute Gasteiger partial charge is 0.0192 e. The minimum absolute atomic E-state index is 0.676. The number of nitrogens with zero attached hydrogens (tertiary/aromatic N) is 1. The topological polar surface area (TPSA) is 15.3 Å². The third kappa shape index (κ3) is 4.84. The Kier molecular flexibility index (Phi) is 6.37. The van der Waals surface area contributed by atoms with Gasteiger partial charge >= 0.3 is 0 Å². The predicted octanol–water partition coefficient (Wildman–Crippen LogP) is 2.89. The summed E-state index contributed by atoms with van der Waals surface area (Å²) in [6.07, 6.45) is 5.38. The lowest BCUT2D eigenvalue weighted by atomic mass is 9.99. The fourth-order valence-electron chi connectivity index (χ4n) is 2.66. The SMILES string of the molecule is CCCC(C)NCC(C)N1CCCC(C)C1. The summed E-state index contributed by atoms with van der Waals surface area (Å²) in [5, 5.41) is 3.65. The normalized spacial score (nSPS) is 26.6. The Hall–Kier alpha value is -0.0800. The van der Waals surface area contributed by atoms with Gasteiger partial charge < -0.3 is 5.32 Å². The Morgan fingerprint density at radius 2 is 2.12 bits per heavy atom. The molecule has 0 bridgehead atoms. The van der Waals surface area contributed by atoms with Gasteiger partial charge in [-0.2, -0.15) is 0 Å². The van der Waals surface area contributed by atoms with Crippen molar-refractivity contribution in [1.29, 1.82) is 0 Å². The zero-order valence-electron chi connectivity index (χ0n) is 11.6. The Balaban J connectivity index is 2.20. The zero-order chi connectivity index (χ0) is 12.0. The van der Waals surface area contributed by atoms with E-state index in [4.69, 9.17) is 0 Å². The fraction of sp³-hybridized carbons (Fsp3) is 1.00. The van der Waals surface area contributed by atoms with E-state index in [1.807, 2.05) is 0 Å². The minimum atomic E-state index is 0.676. The molecule has 0 saturated carbocycles. The van der Waals surface area contributed by atoms with Crippen molar-refractivity contribution in [3.8, 4) is 0 Å². The number of nitrogens with one attached hydrogen (secondary N) is 1. The molecule has 0 aliphatic carbocycles. The van der Waals surface area contributed by atoms with E-state index in [1.54, 1.807) is 0 Å². The quantitative estimate of drug-likeness (QED) is 0.749. The molecule has 1 fully saturated rings. The van der Waals surface area contributed by atoms with E-state index in [9.17, 15) is 0 Å². The average molecular weight is 226 g/mol. The van der Waals surface area contributed by atoms with Crippen LogP contribution in [-0.4, -0.2) is 36.6 Å². The van der Waals surface area contributed by atoms with Crippen molar-refractivity contribution in [2.45, 2.75) is 65.5 Å². The van der Waals surface area contributed by atoms with Crippen molar-refractivity contribution in [2.24, 2.45) is 5.92 Å². The summed E-state index contributed by atoms with van der Waals surface area (Å²) >= 11 is 0. The first-order chi connectivity index (χ1) is 7.63. The zero-order valence-corrected chi connectivity index (χ0v) is 11.6. The van der Waals surface area contributed by atoms with E-state index in [-0.39, 0.29) is 0 Å². The second-order valence-electron chi connectivity index (χ2n) is 5.69. The molecule has 1 heterocycles. The molecule has 16 heavy (non-hydrogen) atoms. The molecular formula is C14H30N2. The molecule has 0 aromatic carbocycles. The molecular weight excluding hydrogens is 196 g/mol. The van der Waals surface area contributed by atoms with E-state index >= 15 is 0 Å². The molecule has 1 rings (SSSR count). The van der Waals surface area contributed by atoms with Crippen molar-refractivity contribution in [3.63, 3.8) is 0 Å². The Morgan fingerprint density at radius 3 is 2.75 bits per heavy atom. The van der Waals surface area contributed by atoms with Crippen LogP contribution in [0.5, 0.6) is 0 Å². The van der Waals surface area contributed by atoms with Crippen LogP contribution in [0.25, 0.3) is 0 Å². The van der Waals surface area contributed by atoms with Crippen LogP contribution in [0.3, 0.4) is 0 Å². The van der Waals surface area contributed by atoms with Crippen molar-refractivity contribution >= 4 is 0 Å². The first-order valence-electron chi connectivity index (χ1n) is 7.11. The van der Waals surface area contributed by atoms with Crippen molar-refractivity contribution in [2.75, 3.05) is 19.6 Å². The third-order valence-corrected chi connectivity index (χ3v) is 3.80. The van der Waals surface area contributed by atoms with Gasteiger partial charge in [0.15, 0.2) is 0 Å². The maximum atomic E-state index is 3.65. The van der Waals surface area contributed by atoms with Gasteiger partial charge in [-0.25, -0.2) is 0 Å². The number of hydrogen-bond acceptors (Lipinski definition) is 2. The Morgan fingerprint density at radius 1 is 1.38 bits per heavy atom. The number of hydrogen-bond donors (Lipinski definition) is 1. The summed E-state index contributed by atoms with van der Waals surface area (Å²) in [5.74, 6) is 0.893. The van der Waals surface area contributed by atoms with Gasteiger partial charge in [0.2, 0.25) is 0 Å². The highest BCUT2D eigenvalue weighted by molar-refractivity contribution is 4.77. The molecule has 96 valence electrons. The third-order valence-electron chi connectivity index (χ3n) is 3.80. The van der Waals surface area contributed by atoms with Crippen LogP contribution in [-0.2, 0) is 0 Å². The fourth-order valence-corrected chi connectivity index (χ4v) is 2.66. The molecule has 0 radical (unpaired) electrons. The molecule has 0 aromatic rings. The van der Waals surface area contributed by atoms with Crippen LogP contribution < -0.4 is 5.32 Å². The molecule has 1 N–H and O–H groups in total. The Labute approximate surface area is 102 Å². The van der Waals surface area contributed by atoms with Gasteiger partial charge in [-0.05, 0) is 45.6 Å². The van der Waals surface area contributed by atoms with Crippen LogP contribution in [0.4, 0.5) is 0 Å². The molecule has 1 aliphatic heterocycles. The maximum Gasteiger partial charge on any atom is 0.0192 e. The van der Waals surface area contributed by atoms with Gasteiger partial charge in [0.25, 0.3) is 0 Å². The molecule has 3 atom stereocenters. The van der Waals surface area contributed by atoms with Crippen molar-refractivity contribution < 1.29 is 0 Å². The lowest BCUT2D eigenvalue weighted by molar-refractivity contribution is 0.135. The summed E-state index contributed by atoms with van der Waals surface area (Å²) in [6, 6.07) is 1.37. The monoisotopic (exact) mass is 226 g/mol. The van der Waals surface area contributed by atoms with Gasteiger partial charge in [-0.3, -0.25) is 4.90 Å². The number of piperidine rings is 1. The summed E-state index contributed by atoms with van der Waals surface area (Å²) in [5.41, 5.74) is 0. The second kappa shape index (κ2) is 7.29. The highest BCUT2D eigenvalue weighted by Crippen LogP contribution is 2.17. The molecule has 1 saturated heterocycles. The average Bonchev–Trinajstić information content (AvgIpc) is 2.26. The highest BCUT2D eigenvalue weighted by atomic mass is 15.2. The van der Waals surface area contributed by atoms with E-state index in [0.29, 0.717) is 12.1 Å². The Bertz CT molecular complexity index is 182. The van der Waals surface area contributed by atoms with Crippen LogP contribution >= 0.6 is 0 Å². The molecule has 2 nitrogen and oxygen atoms in total. The molecule has 2 heteroatoms. The number of rotatable bonds is 6. The van der Waals surface area contributed by atoms with Crippen LogP contribution in [0.15, 0.2) is 0 Å². The van der Waals surface area contributed by atoms with Gasteiger partial charge in [-0.1, -0.05) is 20.3 Å². The molecule has 1 aliphatic rings. The van der Waals surface area contributed by atoms with Crippen LogP contribution in [0, 0.1) is 5.92 Å². The minimum Gasteiger partial charge on any atom is -0.313 e. The van der Waals surface area contributed by atoms with E-state index < -0.39 is 0 Å². The number of likely N-dealkylation sites (tertiary alicyclic amines) is 1. The molecule has 0 spiro atoms. The molecule has 0 aromatic heterocycles. The summed E-state index contributed by atoms with van der Waals surface area (Å²) in [4.78, 5) is 2.65. The van der Waals surface area contributed by atoms with Crippen LogP contribution in [0.2, 0.25) is 0 Å². The first kappa shape index (κ1) is 14.0. The lowest BCUT2D eigenvalue weighted by Gasteiger charge is -2.36. The first-order valence-corrected chi connectivity index (χ1v) is 7.11. The highest BCUT2D eigenvalue weighted by Gasteiger charge is 2.20. The van der Waals surface area contributed by atoms with Crippen molar-refractivity contribution in [3.05, 3.63) is 0 Å². The largest absolute Gasteiger partial charge is 0.313 e. The molecule has 0 amide bonds. The predicted molar refractivity (Wildman–Crippen MR) is 71.8 cm³/mol. The van der Waals surface area contributed by atoms with Gasteiger partial charge in [0, 0.05) is 25.2 Å². The maximum absolute atomic E-state index is 3.65. The standard InChI is InChI=1S/C14H30N2/c1-5-7-13(3)15-10-14(4)16-9-6-8-12(2)11-16/h12-15H,5-11H2,1-4H3. The molecule has 3 unspecified atom stereocenters. The van der Waals surface area contributed by atoms with Gasteiger partial charge in [0.05, 0.1) is 0 Å². The van der Waals surface area contributed by atoms with E-state index in [2.05, 4.69) is 37.9 Å². The second-order valence-corrected chi connectivity index (χ2v) is 5.69. The van der Waals surface area contributed by atoms with E-state index in [0.717, 1.165) is 12.5 Å². The van der Waals surface area contributed by atoms with E-state index in [1.165, 1.54) is 38.8 Å². The van der Waals surface area contributed by atoms with Crippen molar-refractivity contribution in [1.82, 2.24) is 10.2 Å². The van der Waals surface area contributed by atoms with Gasteiger partial charge in [-0.15, -0.1) is 0 Å². The summed E-state index contributed by atoms with van der Waals surface area (Å²) < 4.78 is 0. The van der Waals surface area contributed by atoms with Crippen LogP contribution in [0.1, 0.15) is 53.4 Å². The summed E-state index contributed by atoms with van der Waals surface area (Å²) in [7, 11) is 0. The van der Waals surface area contributed by atoms with Gasteiger partial charge in [0.1, 0.15) is 0 Å².